The molecule has 0 aromatic carbocycles. The molecule has 7 heteroatoms. The molecule has 7 nitrogen and oxygen atoms in total. The van der Waals surface area contributed by atoms with Gasteiger partial charge in [-0.2, -0.15) is 9.78 Å². The monoisotopic (exact) mass is 278 g/mol. The van der Waals surface area contributed by atoms with Gasteiger partial charge >= 0.3 is 11.9 Å². The minimum atomic E-state index is -1.67. The molecule has 1 unspecified atom stereocenters. The van der Waals surface area contributed by atoms with E-state index in [1.807, 2.05) is 0 Å². The van der Waals surface area contributed by atoms with Gasteiger partial charge in [0, 0.05) is 0 Å². The number of aliphatic hydroxyl groups excluding tert-OH is 1. The van der Waals surface area contributed by atoms with Crippen molar-refractivity contribution in [2.45, 2.75) is 65.3 Å². The van der Waals surface area contributed by atoms with Gasteiger partial charge in [-0.1, -0.05) is 0 Å². The average Bonchev–Trinajstić information content (AvgIpc) is 2.21. The molecule has 0 amide bonds. The summed E-state index contributed by atoms with van der Waals surface area (Å²) < 4.78 is 0. The van der Waals surface area contributed by atoms with Gasteiger partial charge in [0.25, 0.3) is 0 Å². The van der Waals surface area contributed by atoms with Gasteiger partial charge in [0.15, 0.2) is 6.10 Å². The third-order valence-electron chi connectivity index (χ3n) is 1.39. The topological polar surface area (TPSA) is 91.3 Å². The number of carbonyl (C=O) groups is 2. The summed E-state index contributed by atoms with van der Waals surface area (Å²) in [4.78, 5) is 40.8. The van der Waals surface area contributed by atoms with Crippen molar-refractivity contribution in [2.24, 2.45) is 0 Å². The third kappa shape index (κ3) is 10.4. The highest BCUT2D eigenvalue weighted by atomic mass is 17.2. The maximum absolute atomic E-state index is 11.3. The van der Waals surface area contributed by atoms with Crippen LogP contribution in [0.25, 0.3) is 0 Å². The molecule has 0 aliphatic heterocycles. The van der Waals surface area contributed by atoms with Gasteiger partial charge in [-0.05, 0) is 41.5 Å². The fourth-order valence-electron chi connectivity index (χ4n) is 0.668. The van der Waals surface area contributed by atoms with Crippen LogP contribution in [0.2, 0.25) is 0 Å². The maximum Gasteiger partial charge on any atom is 0.371 e. The van der Waals surface area contributed by atoms with E-state index in [9.17, 15) is 14.7 Å². The van der Waals surface area contributed by atoms with Crippen LogP contribution >= 0.6 is 0 Å². The molecular weight excluding hydrogens is 256 g/mol. The SMILES string of the molecule is CC(C)(C)OOC(=O)CC(O)C(=O)OOC(C)(C)C. The fraction of sp³-hybridized carbons (Fsp3) is 0.833. The first-order chi connectivity index (χ1) is 8.41. The molecule has 0 aromatic heterocycles. The number of hydrogen-bond donors (Lipinski definition) is 1. The van der Waals surface area contributed by atoms with E-state index < -0.39 is 35.7 Å². The first kappa shape index (κ1) is 17.8. The summed E-state index contributed by atoms with van der Waals surface area (Å²) in [6.07, 6.45) is -2.25. The van der Waals surface area contributed by atoms with Crippen LogP contribution in [0.3, 0.4) is 0 Å². The quantitative estimate of drug-likeness (QED) is 0.598. The summed E-state index contributed by atoms with van der Waals surface area (Å²) >= 11 is 0. The van der Waals surface area contributed by atoms with Crippen LogP contribution in [-0.2, 0) is 29.1 Å². The molecule has 0 fully saturated rings. The van der Waals surface area contributed by atoms with Crippen LogP contribution in [0.4, 0.5) is 0 Å². The number of aliphatic hydroxyl groups is 1. The molecule has 19 heavy (non-hydrogen) atoms. The Balaban J connectivity index is 4.05. The second-order valence-electron chi connectivity index (χ2n) is 5.97. The van der Waals surface area contributed by atoms with Crippen LogP contribution in [0.5, 0.6) is 0 Å². The second kappa shape index (κ2) is 6.83. The molecule has 0 spiro atoms. The molecule has 0 aliphatic rings. The van der Waals surface area contributed by atoms with Crippen LogP contribution in [-0.4, -0.2) is 34.4 Å². The molecule has 0 aromatic rings. The van der Waals surface area contributed by atoms with Crippen molar-refractivity contribution in [3.63, 3.8) is 0 Å². The summed E-state index contributed by atoms with van der Waals surface area (Å²) in [6.45, 7) is 10.0. The lowest BCUT2D eigenvalue weighted by Gasteiger charge is -2.18. The lowest BCUT2D eigenvalue weighted by Crippen LogP contribution is -2.31. The number of carbonyl (C=O) groups excluding carboxylic acids is 2. The average molecular weight is 278 g/mol. The van der Waals surface area contributed by atoms with Crippen LogP contribution in [0.1, 0.15) is 48.0 Å². The van der Waals surface area contributed by atoms with Crippen molar-refractivity contribution in [2.75, 3.05) is 0 Å². The van der Waals surface area contributed by atoms with Crippen LogP contribution in [0.15, 0.2) is 0 Å². The van der Waals surface area contributed by atoms with Crippen LogP contribution in [0, 0.1) is 0 Å². The van der Waals surface area contributed by atoms with Crippen molar-refractivity contribution in [3.05, 3.63) is 0 Å². The molecule has 0 saturated heterocycles. The summed E-state index contributed by atoms with van der Waals surface area (Å²) in [6, 6.07) is 0. The highest BCUT2D eigenvalue weighted by Crippen LogP contribution is 2.10. The van der Waals surface area contributed by atoms with Crippen molar-refractivity contribution in [1.29, 1.82) is 0 Å². The van der Waals surface area contributed by atoms with Crippen molar-refractivity contribution in [1.82, 2.24) is 0 Å². The van der Waals surface area contributed by atoms with E-state index in [4.69, 9.17) is 9.78 Å². The Hall–Kier alpha value is -1.18. The van der Waals surface area contributed by atoms with Crippen molar-refractivity contribution < 1.29 is 34.2 Å². The maximum atomic E-state index is 11.3. The van der Waals surface area contributed by atoms with E-state index >= 15 is 0 Å². The Morgan fingerprint density at radius 3 is 1.79 bits per heavy atom. The zero-order valence-corrected chi connectivity index (χ0v) is 12.2. The van der Waals surface area contributed by atoms with E-state index in [1.54, 1.807) is 41.5 Å². The third-order valence-corrected chi connectivity index (χ3v) is 1.39. The smallest absolute Gasteiger partial charge is 0.371 e. The van der Waals surface area contributed by atoms with E-state index in [2.05, 4.69) is 9.78 Å². The first-order valence-corrected chi connectivity index (χ1v) is 5.87. The van der Waals surface area contributed by atoms with Gasteiger partial charge < -0.3 is 5.11 Å². The molecule has 0 radical (unpaired) electrons. The zero-order chi connectivity index (χ0) is 15.3. The fourth-order valence-corrected chi connectivity index (χ4v) is 0.668. The van der Waals surface area contributed by atoms with Gasteiger partial charge in [-0.15, -0.1) is 0 Å². The molecular formula is C12H22O7. The van der Waals surface area contributed by atoms with Gasteiger partial charge in [0.1, 0.15) is 11.2 Å². The lowest BCUT2D eigenvalue weighted by molar-refractivity contribution is -0.328. The summed E-state index contributed by atoms with van der Waals surface area (Å²) in [5.41, 5.74) is -1.37. The molecule has 0 rings (SSSR count). The summed E-state index contributed by atoms with van der Waals surface area (Å²) in [5.74, 6) is -1.95. The van der Waals surface area contributed by atoms with Gasteiger partial charge in [0.05, 0.1) is 6.42 Å². The van der Waals surface area contributed by atoms with Crippen molar-refractivity contribution in [3.8, 4) is 0 Å². The number of hydrogen-bond acceptors (Lipinski definition) is 7. The molecule has 112 valence electrons. The van der Waals surface area contributed by atoms with E-state index in [-0.39, 0.29) is 0 Å². The standard InChI is InChI=1S/C12H22O7/c1-11(2,3)18-16-9(14)7-8(13)10(15)17-19-12(4,5)6/h8,13H,7H2,1-6H3. The minimum Gasteiger partial charge on any atom is -0.381 e. The molecule has 0 saturated carbocycles. The Bertz CT molecular complexity index is 311. The zero-order valence-electron chi connectivity index (χ0n) is 12.2. The predicted molar refractivity (Wildman–Crippen MR) is 64.5 cm³/mol. The Labute approximate surface area is 112 Å². The van der Waals surface area contributed by atoms with Crippen molar-refractivity contribution >= 4 is 11.9 Å². The molecule has 1 atom stereocenters. The molecule has 0 aliphatic carbocycles. The lowest BCUT2D eigenvalue weighted by atomic mass is 10.2. The number of rotatable bonds is 5. The van der Waals surface area contributed by atoms with Gasteiger partial charge in [0.2, 0.25) is 0 Å². The van der Waals surface area contributed by atoms with E-state index in [0.29, 0.717) is 0 Å². The highest BCUT2D eigenvalue weighted by Gasteiger charge is 2.26. The Morgan fingerprint density at radius 2 is 1.37 bits per heavy atom. The minimum absolute atomic E-state index is 0.581. The Kier molecular flexibility index (Phi) is 6.41. The van der Waals surface area contributed by atoms with E-state index in [0.717, 1.165) is 0 Å². The van der Waals surface area contributed by atoms with Crippen LogP contribution < -0.4 is 0 Å². The van der Waals surface area contributed by atoms with E-state index in [1.165, 1.54) is 0 Å². The summed E-state index contributed by atoms with van der Waals surface area (Å²) in [5, 5.41) is 9.40. The van der Waals surface area contributed by atoms with Gasteiger partial charge in [-0.25, -0.2) is 9.59 Å². The largest absolute Gasteiger partial charge is 0.381 e. The Morgan fingerprint density at radius 1 is 0.947 bits per heavy atom. The normalized spacial score (nSPS) is 13.8. The highest BCUT2D eigenvalue weighted by molar-refractivity contribution is 5.80. The van der Waals surface area contributed by atoms with Gasteiger partial charge in [-0.3, -0.25) is 9.78 Å². The predicted octanol–water partition coefficient (Wildman–Crippen LogP) is 1.28. The molecule has 0 bridgehead atoms. The molecule has 0 heterocycles. The first-order valence-electron chi connectivity index (χ1n) is 5.87. The molecule has 1 N–H and O–H groups in total. The second-order valence-corrected chi connectivity index (χ2v) is 5.97. The summed E-state index contributed by atoms with van der Waals surface area (Å²) in [7, 11) is 0.